The molecule has 0 atom stereocenters. The van der Waals surface area contributed by atoms with Crippen LogP contribution in [0, 0.1) is 6.92 Å². The van der Waals surface area contributed by atoms with E-state index >= 15 is 0 Å². The molecule has 1 N–H and O–H groups in total. The predicted octanol–water partition coefficient (Wildman–Crippen LogP) is 3.87. The van der Waals surface area contributed by atoms with Crippen LogP contribution < -0.4 is 10.1 Å². The standard InChI is InChI=1S/C18H15BrF2N4O2/c1-11-14(10-24-25(11)16-4-2-3-7-22-16)17(26)23-9-12-8-13(19)5-6-15(12)27-18(20)21/h2-8,10,18H,9H2,1H3,(H,23,26). The monoisotopic (exact) mass is 436 g/mol. The smallest absolute Gasteiger partial charge is 0.387 e. The summed E-state index contributed by atoms with van der Waals surface area (Å²) >= 11 is 3.28. The van der Waals surface area contributed by atoms with Gasteiger partial charge in [0.15, 0.2) is 5.82 Å². The second-order valence-corrected chi connectivity index (χ2v) is 6.47. The van der Waals surface area contributed by atoms with Crippen molar-refractivity contribution in [1.82, 2.24) is 20.1 Å². The first kappa shape index (κ1) is 19.0. The van der Waals surface area contributed by atoms with Crippen LogP contribution in [0.15, 0.2) is 53.3 Å². The summed E-state index contributed by atoms with van der Waals surface area (Å²) in [6.07, 6.45) is 3.07. The van der Waals surface area contributed by atoms with Crippen molar-refractivity contribution in [3.05, 3.63) is 70.1 Å². The number of amides is 1. The molecule has 2 heterocycles. The van der Waals surface area contributed by atoms with Crippen molar-refractivity contribution in [3.63, 3.8) is 0 Å². The van der Waals surface area contributed by atoms with Crippen LogP contribution in [0.1, 0.15) is 21.6 Å². The maximum Gasteiger partial charge on any atom is 0.387 e. The molecular weight excluding hydrogens is 422 g/mol. The number of nitrogens with zero attached hydrogens (tertiary/aromatic N) is 3. The van der Waals surface area contributed by atoms with Crippen LogP contribution in [0.4, 0.5) is 8.78 Å². The number of ether oxygens (including phenoxy) is 1. The molecule has 6 nitrogen and oxygen atoms in total. The number of hydrogen-bond acceptors (Lipinski definition) is 4. The maximum atomic E-state index is 12.5. The third-order valence-corrected chi connectivity index (χ3v) is 4.29. The highest BCUT2D eigenvalue weighted by Crippen LogP contribution is 2.25. The van der Waals surface area contributed by atoms with E-state index in [1.54, 1.807) is 42.1 Å². The molecule has 2 aromatic heterocycles. The molecule has 0 bridgehead atoms. The van der Waals surface area contributed by atoms with Gasteiger partial charge in [0.25, 0.3) is 5.91 Å². The van der Waals surface area contributed by atoms with Crippen LogP contribution in [0.5, 0.6) is 5.75 Å². The van der Waals surface area contributed by atoms with Gasteiger partial charge in [-0.1, -0.05) is 22.0 Å². The lowest BCUT2D eigenvalue weighted by Crippen LogP contribution is -2.24. The molecule has 0 saturated carbocycles. The third kappa shape index (κ3) is 4.48. The van der Waals surface area contributed by atoms with E-state index in [-0.39, 0.29) is 18.2 Å². The van der Waals surface area contributed by atoms with E-state index in [0.29, 0.717) is 27.1 Å². The van der Waals surface area contributed by atoms with E-state index in [1.807, 2.05) is 6.07 Å². The Morgan fingerprint density at radius 3 is 2.85 bits per heavy atom. The van der Waals surface area contributed by atoms with Gasteiger partial charge < -0.3 is 10.1 Å². The molecule has 0 unspecified atom stereocenters. The van der Waals surface area contributed by atoms with Crippen LogP contribution in [-0.2, 0) is 6.54 Å². The normalized spacial score (nSPS) is 10.9. The van der Waals surface area contributed by atoms with Crippen molar-refractivity contribution in [1.29, 1.82) is 0 Å². The molecule has 0 radical (unpaired) electrons. The maximum absolute atomic E-state index is 12.5. The van der Waals surface area contributed by atoms with E-state index in [2.05, 4.69) is 36.1 Å². The van der Waals surface area contributed by atoms with Crippen LogP contribution in [-0.4, -0.2) is 27.3 Å². The molecular formula is C18H15BrF2N4O2. The number of rotatable bonds is 6. The van der Waals surface area contributed by atoms with Gasteiger partial charge >= 0.3 is 6.61 Å². The number of pyridine rings is 1. The second-order valence-electron chi connectivity index (χ2n) is 5.56. The van der Waals surface area contributed by atoms with Gasteiger partial charge in [0.2, 0.25) is 0 Å². The Balaban J connectivity index is 1.76. The molecule has 1 aromatic carbocycles. The summed E-state index contributed by atoms with van der Waals surface area (Å²) < 4.78 is 31.8. The number of nitrogens with one attached hydrogen (secondary N) is 1. The van der Waals surface area contributed by atoms with Crippen LogP contribution in [0.25, 0.3) is 5.82 Å². The molecule has 3 aromatic rings. The summed E-state index contributed by atoms with van der Waals surface area (Å²) in [6.45, 7) is -1.17. The fraction of sp³-hybridized carbons (Fsp3) is 0.167. The molecule has 1 amide bonds. The Morgan fingerprint density at radius 1 is 1.33 bits per heavy atom. The van der Waals surface area contributed by atoms with E-state index in [9.17, 15) is 13.6 Å². The fourth-order valence-electron chi connectivity index (χ4n) is 2.51. The number of benzene rings is 1. The van der Waals surface area contributed by atoms with Gasteiger partial charge in [-0.05, 0) is 37.3 Å². The quantitative estimate of drug-likeness (QED) is 0.636. The second kappa shape index (κ2) is 8.26. The largest absolute Gasteiger partial charge is 0.434 e. The van der Waals surface area contributed by atoms with Crippen molar-refractivity contribution < 1.29 is 18.3 Å². The number of alkyl halides is 2. The molecule has 27 heavy (non-hydrogen) atoms. The van der Waals surface area contributed by atoms with E-state index in [1.165, 1.54) is 12.3 Å². The lowest BCUT2D eigenvalue weighted by atomic mass is 10.2. The zero-order valence-corrected chi connectivity index (χ0v) is 15.8. The summed E-state index contributed by atoms with van der Waals surface area (Å²) in [5.74, 6) is 0.223. The van der Waals surface area contributed by atoms with E-state index in [4.69, 9.17) is 0 Å². The van der Waals surface area contributed by atoms with E-state index < -0.39 is 6.61 Å². The zero-order valence-electron chi connectivity index (χ0n) is 14.2. The summed E-state index contributed by atoms with van der Waals surface area (Å²) in [7, 11) is 0. The number of carbonyl (C=O) groups is 1. The first-order valence-corrected chi connectivity index (χ1v) is 8.72. The van der Waals surface area contributed by atoms with Crippen LogP contribution >= 0.6 is 15.9 Å². The van der Waals surface area contributed by atoms with Crippen molar-refractivity contribution in [2.75, 3.05) is 0 Å². The van der Waals surface area contributed by atoms with Gasteiger partial charge in [-0.3, -0.25) is 4.79 Å². The van der Waals surface area contributed by atoms with Gasteiger partial charge in [-0.15, -0.1) is 0 Å². The van der Waals surface area contributed by atoms with Crippen molar-refractivity contribution >= 4 is 21.8 Å². The van der Waals surface area contributed by atoms with Crippen LogP contribution in [0.3, 0.4) is 0 Å². The molecule has 0 spiro atoms. The highest BCUT2D eigenvalue weighted by Gasteiger charge is 2.17. The van der Waals surface area contributed by atoms with E-state index in [0.717, 1.165) is 0 Å². The summed E-state index contributed by atoms with van der Waals surface area (Å²) in [5.41, 5.74) is 1.41. The SMILES string of the molecule is Cc1c(C(=O)NCc2cc(Br)ccc2OC(F)F)cnn1-c1ccccn1. The van der Waals surface area contributed by atoms with Gasteiger partial charge in [-0.2, -0.15) is 13.9 Å². The Labute approximate surface area is 162 Å². The van der Waals surface area contributed by atoms with Gasteiger partial charge in [0.1, 0.15) is 5.75 Å². The zero-order chi connectivity index (χ0) is 19.4. The minimum atomic E-state index is -2.94. The average Bonchev–Trinajstić information content (AvgIpc) is 3.03. The van der Waals surface area contributed by atoms with Gasteiger partial charge in [0.05, 0.1) is 17.5 Å². The lowest BCUT2D eigenvalue weighted by Gasteiger charge is -2.12. The lowest BCUT2D eigenvalue weighted by molar-refractivity contribution is -0.0504. The highest BCUT2D eigenvalue weighted by atomic mass is 79.9. The first-order valence-electron chi connectivity index (χ1n) is 7.93. The molecule has 0 aliphatic rings. The van der Waals surface area contributed by atoms with Gasteiger partial charge in [0, 0.05) is 22.8 Å². The van der Waals surface area contributed by atoms with Gasteiger partial charge in [-0.25, -0.2) is 9.67 Å². The molecule has 0 aliphatic carbocycles. The molecule has 3 rings (SSSR count). The Bertz CT molecular complexity index is 948. The Hall–Kier alpha value is -2.81. The number of hydrogen-bond donors (Lipinski definition) is 1. The van der Waals surface area contributed by atoms with Crippen molar-refractivity contribution in [2.45, 2.75) is 20.1 Å². The van der Waals surface area contributed by atoms with Crippen LogP contribution in [0.2, 0.25) is 0 Å². The van der Waals surface area contributed by atoms with Crippen molar-refractivity contribution in [2.24, 2.45) is 0 Å². The predicted molar refractivity (Wildman–Crippen MR) is 98.0 cm³/mol. The summed E-state index contributed by atoms with van der Waals surface area (Å²) in [4.78, 5) is 16.7. The minimum Gasteiger partial charge on any atom is -0.434 e. The molecule has 9 heteroatoms. The summed E-state index contributed by atoms with van der Waals surface area (Å²) in [6, 6.07) is 10.00. The number of aromatic nitrogens is 3. The first-order chi connectivity index (χ1) is 13.0. The third-order valence-electron chi connectivity index (χ3n) is 3.80. The number of carbonyl (C=O) groups excluding carboxylic acids is 1. The highest BCUT2D eigenvalue weighted by molar-refractivity contribution is 9.10. The molecule has 140 valence electrons. The number of halogens is 3. The van der Waals surface area contributed by atoms with Crippen molar-refractivity contribution in [3.8, 4) is 11.6 Å². The molecule has 0 saturated heterocycles. The topological polar surface area (TPSA) is 69.0 Å². The molecule has 0 fully saturated rings. The Morgan fingerprint density at radius 2 is 2.15 bits per heavy atom. The minimum absolute atomic E-state index is 0.00871. The molecule has 0 aliphatic heterocycles. The average molecular weight is 437 g/mol. The Kier molecular flexibility index (Phi) is 5.80. The fourth-order valence-corrected chi connectivity index (χ4v) is 2.92. The summed E-state index contributed by atoms with van der Waals surface area (Å²) in [5, 5.41) is 6.90.